The molecule has 0 spiro atoms. The number of benzene rings is 1. The molecule has 3 aromatic heterocycles. The second-order valence-electron chi connectivity index (χ2n) is 6.10. The minimum absolute atomic E-state index is 0.491. The Labute approximate surface area is 142 Å². The van der Waals surface area contributed by atoms with Crippen LogP contribution in [0.4, 0.5) is 0 Å². The number of thiazole rings is 1. The van der Waals surface area contributed by atoms with E-state index in [1.165, 1.54) is 0 Å². The number of nitrogens with zero attached hydrogens (tertiary/aromatic N) is 5. The van der Waals surface area contributed by atoms with E-state index in [1.54, 1.807) is 11.3 Å². The molecule has 1 aliphatic rings. The zero-order valence-corrected chi connectivity index (χ0v) is 14.0. The van der Waals surface area contributed by atoms with Gasteiger partial charge in [-0.1, -0.05) is 17.3 Å². The maximum absolute atomic E-state index is 5.47. The SMILES string of the molecule is Cc1ncsc1-c1nc2ccccc2n1Cc1nc(C2CC2)no1. The first kappa shape index (κ1) is 13.9. The maximum Gasteiger partial charge on any atom is 0.246 e. The third-order valence-corrected chi connectivity index (χ3v) is 5.25. The predicted octanol–water partition coefficient (Wildman–Crippen LogP) is 3.78. The molecule has 0 bridgehead atoms. The van der Waals surface area contributed by atoms with E-state index in [4.69, 9.17) is 9.51 Å². The average Bonchev–Trinajstić information content (AvgIpc) is 3.02. The lowest BCUT2D eigenvalue weighted by molar-refractivity contribution is 0.368. The highest BCUT2D eigenvalue weighted by atomic mass is 32.1. The van der Waals surface area contributed by atoms with Crippen molar-refractivity contribution in [2.75, 3.05) is 0 Å². The first-order valence-corrected chi connectivity index (χ1v) is 8.86. The van der Waals surface area contributed by atoms with E-state index in [2.05, 4.69) is 25.8 Å². The van der Waals surface area contributed by atoms with Crippen molar-refractivity contribution in [2.45, 2.75) is 32.2 Å². The van der Waals surface area contributed by atoms with E-state index >= 15 is 0 Å². The number of aromatic nitrogens is 5. The van der Waals surface area contributed by atoms with E-state index in [9.17, 15) is 0 Å². The highest BCUT2D eigenvalue weighted by Crippen LogP contribution is 2.38. The average molecular weight is 337 g/mol. The molecule has 0 atom stereocenters. The van der Waals surface area contributed by atoms with Gasteiger partial charge in [-0.3, -0.25) is 0 Å². The van der Waals surface area contributed by atoms with Crippen LogP contribution >= 0.6 is 11.3 Å². The van der Waals surface area contributed by atoms with Crippen molar-refractivity contribution in [3.63, 3.8) is 0 Å². The van der Waals surface area contributed by atoms with Gasteiger partial charge in [-0.05, 0) is 31.9 Å². The molecule has 0 amide bonds. The molecule has 1 fully saturated rings. The minimum atomic E-state index is 0.491. The fourth-order valence-electron chi connectivity index (χ4n) is 2.90. The monoisotopic (exact) mass is 337 g/mol. The van der Waals surface area contributed by atoms with Crippen LogP contribution in [0.25, 0.3) is 21.7 Å². The molecule has 0 unspecified atom stereocenters. The molecule has 1 aromatic carbocycles. The smallest absolute Gasteiger partial charge is 0.246 e. The van der Waals surface area contributed by atoms with Crippen molar-refractivity contribution in [1.82, 2.24) is 24.7 Å². The number of fused-ring (bicyclic) bond motifs is 1. The summed E-state index contributed by atoms with van der Waals surface area (Å²) in [5, 5.41) is 4.12. The molecule has 5 rings (SSSR count). The van der Waals surface area contributed by atoms with Gasteiger partial charge in [-0.2, -0.15) is 4.98 Å². The Morgan fingerprint density at radius 3 is 2.92 bits per heavy atom. The van der Waals surface area contributed by atoms with Crippen molar-refractivity contribution >= 4 is 22.4 Å². The first-order chi connectivity index (χ1) is 11.8. The Bertz CT molecular complexity index is 1030. The lowest BCUT2D eigenvalue weighted by Gasteiger charge is -2.05. The van der Waals surface area contributed by atoms with Crippen LogP contribution in [0.15, 0.2) is 34.3 Å². The summed E-state index contributed by atoms with van der Waals surface area (Å²) in [6.45, 7) is 2.53. The van der Waals surface area contributed by atoms with Crippen LogP contribution < -0.4 is 0 Å². The number of imidazole rings is 1. The lowest BCUT2D eigenvalue weighted by atomic mass is 10.3. The summed E-state index contributed by atoms with van der Waals surface area (Å²) in [5.74, 6) is 2.86. The van der Waals surface area contributed by atoms with Gasteiger partial charge >= 0.3 is 0 Å². The van der Waals surface area contributed by atoms with Crippen molar-refractivity contribution in [3.05, 3.63) is 47.2 Å². The van der Waals surface area contributed by atoms with Crippen LogP contribution in [-0.2, 0) is 6.54 Å². The molecule has 0 saturated heterocycles. The second kappa shape index (κ2) is 5.24. The molecular formula is C17H15N5OS. The summed E-state index contributed by atoms with van der Waals surface area (Å²) < 4.78 is 7.61. The highest BCUT2D eigenvalue weighted by molar-refractivity contribution is 7.13. The zero-order chi connectivity index (χ0) is 16.1. The van der Waals surface area contributed by atoms with Crippen LogP contribution in [-0.4, -0.2) is 24.7 Å². The first-order valence-electron chi connectivity index (χ1n) is 7.98. The van der Waals surface area contributed by atoms with Crippen molar-refractivity contribution < 1.29 is 4.52 Å². The number of para-hydroxylation sites is 2. The van der Waals surface area contributed by atoms with Crippen molar-refractivity contribution in [3.8, 4) is 10.7 Å². The third kappa shape index (κ3) is 2.24. The molecule has 1 saturated carbocycles. The summed E-state index contributed by atoms with van der Waals surface area (Å²) in [6.07, 6.45) is 2.33. The Hall–Kier alpha value is -2.54. The fraction of sp³-hybridized carbons (Fsp3) is 0.294. The van der Waals surface area contributed by atoms with E-state index in [1.807, 2.05) is 30.6 Å². The second-order valence-corrected chi connectivity index (χ2v) is 6.95. The normalized spacial score (nSPS) is 14.5. The molecule has 120 valence electrons. The van der Waals surface area contributed by atoms with Gasteiger partial charge in [0.25, 0.3) is 0 Å². The van der Waals surface area contributed by atoms with E-state index in [0.717, 1.165) is 46.1 Å². The molecule has 0 N–H and O–H groups in total. The van der Waals surface area contributed by atoms with E-state index in [0.29, 0.717) is 18.4 Å². The Morgan fingerprint density at radius 1 is 1.25 bits per heavy atom. The lowest BCUT2D eigenvalue weighted by Crippen LogP contribution is -2.02. The minimum Gasteiger partial charge on any atom is -0.337 e. The van der Waals surface area contributed by atoms with Crippen LogP contribution in [0.5, 0.6) is 0 Å². The summed E-state index contributed by atoms with van der Waals surface area (Å²) in [6, 6.07) is 8.11. The van der Waals surface area contributed by atoms with Crippen molar-refractivity contribution in [1.29, 1.82) is 0 Å². The van der Waals surface area contributed by atoms with Crippen molar-refractivity contribution in [2.24, 2.45) is 0 Å². The van der Waals surface area contributed by atoms with Gasteiger partial charge < -0.3 is 9.09 Å². The predicted molar refractivity (Wildman–Crippen MR) is 91.0 cm³/mol. The molecule has 6 nitrogen and oxygen atoms in total. The van der Waals surface area contributed by atoms with Gasteiger partial charge in [0.05, 0.1) is 27.1 Å². The summed E-state index contributed by atoms with van der Waals surface area (Å²) in [5.41, 5.74) is 4.86. The summed E-state index contributed by atoms with van der Waals surface area (Å²) >= 11 is 1.60. The Kier molecular flexibility index (Phi) is 3.02. The molecular weight excluding hydrogens is 322 g/mol. The van der Waals surface area contributed by atoms with Gasteiger partial charge in [-0.25, -0.2) is 9.97 Å². The molecule has 7 heteroatoms. The van der Waals surface area contributed by atoms with E-state index in [-0.39, 0.29) is 0 Å². The molecule has 0 radical (unpaired) electrons. The number of aryl methyl sites for hydroxylation is 1. The highest BCUT2D eigenvalue weighted by Gasteiger charge is 2.29. The summed E-state index contributed by atoms with van der Waals surface area (Å²) in [4.78, 5) is 14.8. The largest absolute Gasteiger partial charge is 0.337 e. The van der Waals surface area contributed by atoms with Crippen LogP contribution in [0, 0.1) is 6.92 Å². The Balaban J connectivity index is 1.63. The molecule has 1 aliphatic carbocycles. The fourth-order valence-corrected chi connectivity index (χ4v) is 3.70. The quantitative estimate of drug-likeness (QED) is 0.567. The number of hydrogen-bond donors (Lipinski definition) is 0. The summed E-state index contributed by atoms with van der Waals surface area (Å²) in [7, 11) is 0. The van der Waals surface area contributed by atoms with Crippen LogP contribution in [0.3, 0.4) is 0 Å². The maximum atomic E-state index is 5.47. The van der Waals surface area contributed by atoms with Crippen LogP contribution in [0.2, 0.25) is 0 Å². The van der Waals surface area contributed by atoms with Gasteiger partial charge in [0.1, 0.15) is 6.54 Å². The molecule has 0 aliphatic heterocycles. The topological polar surface area (TPSA) is 69.6 Å². The molecule has 4 aromatic rings. The van der Waals surface area contributed by atoms with Crippen LogP contribution in [0.1, 0.15) is 36.2 Å². The molecule has 3 heterocycles. The van der Waals surface area contributed by atoms with E-state index < -0.39 is 0 Å². The number of hydrogen-bond acceptors (Lipinski definition) is 6. The van der Waals surface area contributed by atoms with Gasteiger partial charge in [0, 0.05) is 5.92 Å². The Morgan fingerprint density at radius 2 is 2.12 bits per heavy atom. The zero-order valence-electron chi connectivity index (χ0n) is 13.1. The third-order valence-electron chi connectivity index (χ3n) is 4.32. The van der Waals surface area contributed by atoms with Gasteiger partial charge in [0.15, 0.2) is 11.6 Å². The van der Waals surface area contributed by atoms with Gasteiger partial charge in [-0.15, -0.1) is 11.3 Å². The molecule has 24 heavy (non-hydrogen) atoms. The van der Waals surface area contributed by atoms with Gasteiger partial charge in [0.2, 0.25) is 5.89 Å². The number of rotatable bonds is 4. The standard InChI is InChI=1S/C17H15N5OS/c1-10-15(24-9-18-10)17-19-12-4-2-3-5-13(12)22(17)8-14-20-16(21-23-14)11-6-7-11/h2-5,9,11H,6-8H2,1H3.